The number of carboxylic acids is 1. The third-order valence-electron chi connectivity index (χ3n) is 2.80. The third kappa shape index (κ3) is 2.38. The van der Waals surface area contributed by atoms with Crippen molar-refractivity contribution in [2.75, 3.05) is 0 Å². The van der Waals surface area contributed by atoms with Gasteiger partial charge in [0, 0.05) is 0 Å². The predicted molar refractivity (Wildman–Crippen MR) is 70.6 cm³/mol. The molecule has 0 saturated heterocycles. The normalized spacial score (nSPS) is 32.4. The molecule has 0 aliphatic heterocycles. The fourth-order valence-corrected chi connectivity index (χ4v) is 3.74. The lowest BCUT2D eigenvalue weighted by Crippen LogP contribution is -2.22. The van der Waals surface area contributed by atoms with Crippen LogP contribution >= 0.6 is 63.7 Å². The Balaban J connectivity index is 2.79. The van der Waals surface area contributed by atoms with Gasteiger partial charge in [0.15, 0.2) is 0 Å². The van der Waals surface area contributed by atoms with E-state index in [0.717, 1.165) is 0 Å². The first-order valence-corrected chi connectivity index (χ1v) is 7.33. The molecular formula is C8H10Br4O2. The average molecular weight is 458 g/mol. The molecule has 2 nitrogen and oxygen atoms in total. The van der Waals surface area contributed by atoms with Gasteiger partial charge in [0.25, 0.3) is 0 Å². The van der Waals surface area contributed by atoms with Crippen LogP contribution in [0.5, 0.6) is 0 Å². The van der Waals surface area contributed by atoms with E-state index < -0.39 is 8.11 Å². The van der Waals surface area contributed by atoms with Gasteiger partial charge in [-0.1, -0.05) is 77.6 Å². The second kappa shape index (κ2) is 4.00. The summed E-state index contributed by atoms with van der Waals surface area (Å²) < 4.78 is -0.445. The molecule has 1 N–H and O–H groups in total. The van der Waals surface area contributed by atoms with Gasteiger partial charge >= 0.3 is 5.97 Å². The number of aliphatic carboxylic acids is 1. The lowest BCUT2D eigenvalue weighted by Gasteiger charge is -2.20. The Bertz CT molecular complexity index is 259. The minimum Gasteiger partial charge on any atom is -0.481 e. The van der Waals surface area contributed by atoms with E-state index in [2.05, 4.69) is 63.7 Å². The molecule has 0 spiro atoms. The van der Waals surface area contributed by atoms with Crippen LogP contribution in [0.4, 0.5) is 0 Å². The van der Waals surface area contributed by atoms with Crippen molar-refractivity contribution in [1.29, 1.82) is 0 Å². The summed E-state index contributed by atoms with van der Waals surface area (Å²) in [4.78, 5) is 11.0. The van der Waals surface area contributed by atoms with Crippen LogP contribution in [0.25, 0.3) is 0 Å². The highest BCUT2D eigenvalue weighted by Crippen LogP contribution is 2.65. The maximum atomic E-state index is 11.0. The second-order valence-electron chi connectivity index (χ2n) is 4.11. The highest BCUT2D eigenvalue weighted by Gasteiger charge is 2.66. The van der Waals surface area contributed by atoms with Gasteiger partial charge in [0.05, 0.1) is 10.7 Å². The third-order valence-corrected chi connectivity index (χ3v) is 7.38. The van der Waals surface area contributed by atoms with Crippen LogP contribution < -0.4 is 0 Å². The second-order valence-corrected chi connectivity index (χ2v) is 12.0. The number of carbonyl (C=O) groups is 1. The zero-order valence-electron chi connectivity index (χ0n) is 7.60. The number of carboxylic acid groups (broad SMARTS) is 1. The van der Waals surface area contributed by atoms with Crippen molar-refractivity contribution in [2.24, 2.45) is 17.3 Å². The first-order chi connectivity index (χ1) is 6.10. The lowest BCUT2D eigenvalue weighted by molar-refractivity contribution is -0.139. The molecule has 0 aromatic rings. The van der Waals surface area contributed by atoms with Crippen molar-refractivity contribution >= 4 is 69.7 Å². The number of rotatable bonds is 2. The number of hydrogen-bond donors (Lipinski definition) is 1. The number of hydrogen-bond acceptors (Lipinski definition) is 1. The van der Waals surface area contributed by atoms with Gasteiger partial charge in [-0.15, -0.1) is 0 Å². The van der Waals surface area contributed by atoms with Crippen LogP contribution in [0.15, 0.2) is 0 Å². The summed E-state index contributed by atoms with van der Waals surface area (Å²) in [5.41, 5.74) is -0.152. The van der Waals surface area contributed by atoms with Crippen molar-refractivity contribution in [2.45, 2.75) is 20.8 Å². The summed E-state index contributed by atoms with van der Waals surface area (Å²) in [6.45, 7) is 3.95. The molecule has 0 heterocycles. The van der Waals surface area contributed by atoms with E-state index in [9.17, 15) is 4.79 Å². The fourth-order valence-electron chi connectivity index (χ4n) is 1.90. The van der Waals surface area contributed by atoms with Crippen molar-refractivity contribution in [3.8, 4) is 0 Å². The first kappa shape index (κ1) is 13.5. The summed E-state index contributed by atoms with van der Waals surface area (Å²) >= 11 is 13.7. The highest BCUT2D eigenvalue weighted by atomic mass is 80.0. The van der Waals surface area contributed by atoms with Gasteiger partial charge in [-0.2, -0.15) is 0 Å². The van der Waals surface area contributed by atoms with E-state index in [1.165, 1.54) is 0 Å². The van der Waals surface area contributed by atoms with Crippen LogP contribution in [0.2, 0.25) is 0 Å². The molecule has 1 rings (SSSR count). The van der Waals surface area contributed by atoms with Crippen molar-refractivity contribution in [1.82, 2.24) is 0 Å². The molecule has 3 atom stereocenters. The Morgan fingerprint density at radius 2 is 1.86 bits per heavy atom. The van der Waals surface area contributed by atoms with E-state index in [0.29, 0.717) is 0 Å². The molecule has 0 radical (unpaired) electrons. The number of halogens is 4. The molecule has 1 fully saturated rings. The van der Waals surface area contributed by atoms with E-state index in [-0.39, 0.29) is 22.1 Å². The predicted octanol–water partition coefficient (Wildman–Crippen LogP) is 3.95. The van der Waals surface area contributed by atoms with Crippen molar-refractivity contribution < 1.29 is 9.90 Å². The Kier molecular flexibility index (Phi) is 3.85. The molecule has 1 saturated carbocycles. The zero-order valence-corrected chi connectivity index (χ0v) is 13.9. The SMILES string of the molecule is CC1(C)[C@@H]([C@@H](Br)C(Br)(Br)Br)[C@@H]1C(=O)O. The maximum absolute atomic E-state index is 11.0. The number of alkyl halides is 4. The fraction of sp³-hybridized carbons (Fsp3) is 0.875. The van der Waals surface area contributed by atoms with Crippen LogP contribution in [0, 0.1) is 17.3 Å². The monoisotopic (exact) mass is 454 g/mol. The van der Waals surface area contributed by atoms with Crippen LogP contribution in [0.3, 0.4) is 0 Å². The molecule has 0 bridgehead atoms. The summed E-state index contributed by atoms with van der Waals surface area (Å²) in [5.74, 6) is -0.891. The molecule has 1 aliphatic rings. The van der Waals surface area contributed by atoms with Crippen molar-refractivity contribution in [3.05, 3.63) is 0 Å². The molecule has 6 heteroatoms. The van der Waals surface area contributed by atoms with Gasteiger partial charge in [-0.3, -0.25) is 4.79 Å². The minimum absolute atomic E-state index is 0.0195. The van der Waals surface area contributed by atoms with Gasteiger partial charge in [0.1, 0.15) is 2.14 Å². The zero-order chi connectivity index (χ0) is 11.3. The van der Waals surface area contributed by atoms with E-state index in [4.69, 9.17) is 5.11 Å². The quantitative estimate of drug-likeness (QED) is 0.638. The summed E-state index contributed by atoms with van der Waals surface area (Å²) in [6.07, 6.45) is 0. The Hall–Kier alpha value is 1.39. The van der Waals surface area contributed by atoms with Crippen LogP contribution in [-0.4, -0.2) is 18.0 Å². The van der Waals surface area contributed by atoms with E-state index in [1.54, 1.807) is 0 Å². The average Bonchev–Trinajstić information content (AvgIpc) is 2.49. The van der Waals surface area contributed by atoms with Crippen LogP contribution in [0.1, 0.15) is 13.8 Å². The molecule has 0 amide bonds. The lowest BCUT2D eigenvalue weighted by atomic mass is 10.1. The Morgan fingerprint density at radius 3 is 2.07 bits per heavy atom. The molecule has 0 unspecified atom stereocenters. The smallest absolute Gasteiger partial charge is 0.307 e. The first-order valence-electron chi connectivity index (χ1n) is 4.03. The van der Waals surface area contributed by atoms with Crippen LogP contribution in [-0.2, 0) is 4.79 Å². The highest BCUT2D eigenvalue weighted by molar-refractivity contribution is 9.40. The molecule has 82 valence electrons. The van der Waals surface area contributed by atoms with Gasteiger partial charge in [-0.25, -0.2) is 0 Å². The summed E-state index contributed by atoms with van der Waals surface area (Å²) in [5, 5.41) is 9.01. The van der Waals surface area contributed by atoms with Crippen molar-refractivity contribution in [3.63, 3.8) is 0 Å². The maximum Gasteiger partial charge on any atom is 0.307 e. The summed E-state index contributed by atoms with van der Waals surface area (Å²) in [6, 6.07) is 0. The van der Waals surface area contributed by atoms with Gasteiger partial charge in [0.2, 0.25) is 0 Å². The molecule has 1 aliphatic carbocycles. The molecular weight excluding hydrogens is 448 g/mol. The minimum atomic E-state index is -0.721. The summed E-state index contributed by atoms with van der Waals surface area (Å²) in [7, 11) is 0. The molecule has 0 aromatic carbocycles. The standard InChI is InChI=1S/C8H10Br4O2/c1-7(2)3(4(7)6(13)14)5(9)8(10,11)12/h3-5H,1-2H3,(H,13,14)/t3-,4-,5-/m1/s1. The molecule has 0 aromatic heterocycles. The topological polar surface area (TPSA) is 37.3 Å². The Morgan fingerprint density at radius 1 is 1.43 bits per heavy atom. The van der Waals surface area contributed by atoms with E-state index >= 15 is 0 Å². The Labute approximate surface area is 117 Å². The van der Waals surface area contributed by atoms with Gasteiger partial charge in [-0.05, 0) is 11.3 Å². The van der Waals surface area contributed by atoms with E-state index in [1.807, 2.05) is 13.8 Å². The van der Waals surface area contributed by atoms with Gasteiger partial charge < -0.3 is 5.11 Å². The largest absolute Gasteiger partial charge is 0.481 e. The molecule has 14 heavy (non-hydrogen) atoms.